The van der Waals surface area contributed by atoms with Gasteiger partial charge in [0.05, 0.1) is 12.7 Å². The Bertz CT molecular complexity index is 839. The molecule has 0 spiro atoms. The van der Waals surface area contributed by atoms with Crippen molar-refractivity contribution in [3.63, 3.8) is 0 Å². The number of benzene rings is 2. The highest BCUT2D eigenvalue weighted by molar-refractivity contribution is 6.36. The third kappa shape index (κ3) is 3.47. The van der Waals surface area contributed by atoms with Gasteiger partial charge in [-0.15, -0.1) is 0 Å². The molecule has 2 aromatic rings. The van der Waals surface area contributed by atoms with Crippen molar-refractivity contribution in [3.8, 4) is 5.75 Å². The molecular formula is C21H22N2O3. The molecule has 1 aliphatic rings. The Morgan fingerprint density at radius 2 is 1.62 bits per heavy atom. The summed E-state index contributed by atoms with van der Waals surface area (Å²) in [6.07, 6.45) is 0. The van der Waals surface area contributed by atoms with Crippen LogP contribution in [-0.4, -0.2) is 30.4 Å². The smallest absolute Gasteiger partial charge is 0.278 e. The van der Waals surface area contributed by atoms with E-state index in [1.807, 2.05) is 44.2 Å². The molecule has 134 valence electrons. The van der Waals surface area contributed by atoms with Gasteiger partial charge < -0.3 is 10.1 Å². The lowest BCUT2D eigenvalue weighted by molar-refractivity contribution is -0.137. The van der Waals surface area contributed by atoms with Gasteiger partial charge in [0.1, 0.15) is 11.4 Å². The van der Waals surface area contributed by atoms with Crippen molar-refractivity contribution < 1.29 is 14.3 Å². The molecule has 0 saturated carbocycles. The van der Waals surface area contributed by atoms with Gasteiger partial charge >= 0.3 is 0 Å². The molecule has 2 aromatic carbocycles. The Balaban J connectivity index is 2.04. The minimum absolute atomic E-state index is 0.191. The topological polar surface area (TPSA) is 58.6 Å². The van der Waals surface area contributed by atoms with Crippen LogP contribution in [0.4, 0.5) is 5.69 Å². The van der Waals surface area contributed by atoms with Crippen LogP contribution in [0.2, 0.25) is 0 Å². The van der Waals surface area contributed by atoms with Crippen molar-refractivity contribution >= 4 is 23.1 Å². The van der Waals surface area contributed by atoms with E-state index in [-0.39, 0.29) is 17.7 Å². The average molecular weight is 350 g/mol. The standard InChI is InChI=1S/C21H22N2O3/c1-14(2)13-23-20(24)18(15-9-11-17(26-3)12-10-15)19(21(23)25)22-16-7-5-4-6-8-16/h4-12,14,22H,13H2,1-3H3. The maximum absolute atomic E-state index is 13.0. The molecule has 2 amide bonds. The first kappa shape index (κ1) is 17.7. The van der Waals surface area contributed by atoms with E-state index in [4.69, 9.17) is 4.74 Å². The molecule has 26 heavy (non-hydrogen) atoms. The Morgan fingerprint density at radius 1 is 0.962 bits per heavy atom. The van der Waals surface area contributed by atoms with Crippen LogP contribution < -0.4 is 10.1 Å². The number of carbonyl (C=O) groups is 2. The van der Waals surface area contributed by atoms with E-state index >= 15 is 0 Å². The quantitative estimate of drug-likeness (QED) is 0.810. The number of carbonyl (C=O) groups excluding carboxylic acids is 2. The van der Waals surface area contributed by atoms with Gasteiger partial charge in [-0.25, -0.2) is 0 Å². The highest BCUT2D eigenvalue weighted by Crippen LogP contribution is 2.31. The van der Waals surface area contributed by atoms with Gasteiger partial charge in [0.2, 0.25) is 0 Å². The van der Waals surface area contributed by atoms with Crippen LogP contribution in [0.15, 0.2) is 60.3 Å². The van der Waals surface area contributed by atoms with E-state index < -0.39 is 0 Å². The Morgan fingerprint density at radius 3 is 2.19 bits per heavy atom. The highest BCUT2D eigenvalue weighted by Gasteiger charge is 2.39. The number of nitrogens with zero attached hydrogens (tertiary/aromatic N) is 1. The fourth-order valence-electron chi connectivity index (χ4n) is 2.91. The second kappa shape index (κ2) is 7.44. The zero-order chi connectivity index (χ0) is 18.7. The second-order valence-electron chi connectivity index (χ2n) is 6.58. The van der Waals surface area contributed by atoms with Crippen LogP contribution in [0.1, 0.15) is 19.4 Å². The van der Waals surface area contributed by atoms with E-state index in [1.165, 1.54) is 4.90 Å². The fourth-order valence-corrected chi connectivity index (χ4v) is 2.91. The number of hydrogen-bond acceptors (Lipinski definition) is 4. The first-order valence-electron chi connectivity index (χ1n) is 8.58. The number of imide groups is 1. The van der Waals surface area contributed by atoms with Crippen LogP contribution >= 0.6 is 0 Å². The lowest BCUT2D eigenvalue weighted by Gasteiger charge is -2.17. The zero-order valence-corrected chi connectivity index (χ0v) is 15.2. The first-order valence-corrected chi connectivity index (χ1v) is 8.58. The van der Waals surface area contributed by atoms with Gasteiger partial charge in [-0.1, -0.05) is 44.2 Å². The van der Waals surface area contributed by atoms with E-state index in [0.717, 1.165) is 5.69 Å². The van der Waals surface area contributed by atoms with E-state index in [1.54, 1.807) is 31.4 Å². The molecule has 0 atom stereocenters. The summed E-state index contributed by atoms with van der Waals surface area (Å²) in [4.78, 5) is 27.2. The molecule has 0 saturated heterocycles. The van der Waals surface area contributed by atoms with Crippen LogP contribution in [-0.2, 0) is 9.59 Å². The number of ether oxygens (including phenoxy) is 1. The Kier molecular flexibility index (Phi) is 5.07. The molecule has 0 aliphatic carbocycles. The zero-order valence-electron chi connectivity index (χ0n) is 15.2. The summed E-state index contributed by atoms with van der Waals surface area (Å²) in [7, 11) is 1.59. The monoisotopic (exact) mass is 350 g/mol. The summed E-state index contributed by atoms with van der Waals surface area (Å²) in [5.74, 6) is 0.324. The number of anilines is 1. The Hall–Kier alpha value is -3.08. The van der Waals surface area contributed by atoms with Crippen molar-refractivity contribution in [2.45, 2.75) is 13.8 Å². The van der Waals surface area contributed by atoms with Gasteiger partial charge in [-0.05, 0) is 35.7 Å². The summed E-state index contributed by atoms with van der Waals surface area (Å²) in [5, 5.41) is 3.14. The number of para-hydroxylation sites is 1. The molecule has 5 heteroatoms. The van der Waals surface area contributed by atoms with Gasteiger partial charge in [0.15, 0.2) is 0 Å². The van der Waals surface area contributed by atoms with Crippen LogP contribution in [0, 0.1) is 5.92 Å². The Labute approximate surface area is 153 Å². The molecule has 1 aliphatic heterocycles. The molecule has 0 bridgehead atoms. The molecule has 0 unspecified atom stereocenters. The van der Waals surface area contributed by atoms with Gasteiger partial charge in [0, 0.05) is 12.2 Å². The van der Waals surface area contributed by atoms with Gasteiger partial charge in [0.25, 0.3) is 11.8 Å². The van der Waals surface area contributed by atoms with Crippen LogP contribution in [0.3, 0.4) is 0 Å². The van der Waals surface area contributed by atoms with Gasteiger partial charge in [-0.2, -0.15) is 0 Å². The average Bonchev–Trinajstić information content (AvgIpc) is 2.87. The van der Waals surface area contributed by atoms with E-state index in [9.17, 15) is 9.59 Å². The van der Waals surface area contributed by atoms with Crippen molar-refractivity contribution in [3.05, 3.63) is 65.9 Å². The SMILES string of the molecule is COc1ccc(C2=C(Nc3ccccc3)C(=O)N(CC(C)C)C2=O)cc1. The predicted octanol–water partition coefficient (Wildman–Crippen LogP) is 3.54. The van der Waals surface area contributed by atoms with Crippen LogP contribution in [0.25, 0.3) is 5.57 Å². The van der Waals surface area contributed by atoms with E-state index in [0.29, 0.717) is 29.1 Å². The summed E-state index contributed by atoms with van der Waals surface area (Å²) in [6, 6.07) is 16.5. The first-order chi connectivity index (χ1) is 12.5. The molecule has 5 nitrogen and oxygen atoms in total. The molecule has 0 fully saturated rings. The fraction of sp³-hybridized carbons (Fsp3) is 0.238. The number of rotatable bonds is 6. The number of hydrogen-bond donors (Lipinski definition) is 1. The number of methoxy groups -OCH3 is 1. The molecule has 3 rings (SSSR count). The van der Waals surface area contributed by atoms with Crippen molar-refractivity contribution in [1.82, 2.24) is 4.90 Å². The second-order valence-corrected chi connectivity index (χ2v) is 6.58. The maximum Gasteiger partial charge on any atom is 0.278 e. The third-order valence-electron chi connectivity index (χ3n) is 4.14. The summed E-state index contributed by atoms with van der Waals surface area (Å²) in [6.45, 7) is 4.35. The molecule has 0 radical (unpaired) electrons. The van der Waals surface area contributed by atoms with E-state index in [2.05, 4.69) is 5.32 Å². The van der Waals surface area contributed by atoms with Crippen molar-refractivity contribution in [1.29, 1.82) is 0 Å². The summed E-state index contributed by atoms with van der Waals surface area (Å²) in [5.41, 5.74) is 2.16. The van der Waals surface area contributed by atoms with Crippen molar-refractivity contribution in [2.75, 3.05) is 19.0 Å². The molecule has 0 aromatic heterocycles. The van der Waals surface area contributed by atoms with Gasteiger partial charge in [-0.3, -0.25) is 14.5 Å². The number of nitrogens with one attached hydrogen (secondary N) is 1. The van der Waals surface area contributed by atoms with Crippen molar-refractivity contribution in [2.24, 2.45) is 5.92 Å². The normalized spacial score (nSPS) is 14.4. The summed E-state index contributed by atoms with van der Waals surface area (Å²) < 4.78 is 5.18. The molecule has 1 heterocycles. The minimum atomic E-state index is -0.293. The lowest BCUT2D eigenvalue weighted by atomic mass is 10.0. The third-order valence-corrected chi connectivity index (χ3v) is 4.14. The number of amides is 2. The minimum Gasteiger partial charge on any atom is -0.497 e. The lowest BCUT2D eigenvalue weighted by Crippen LogP contribution is -2.35. The predicted molar refractivity (Wildman–Crippen MR) is 102 cm³/mol. The van der Waals surface area contributed by atoms with Crippen LogP contribution in [0.5, 0.6) is 5.75 Å². The molecular weight excluding hydrogens is 328 g/mol. The maximum atomic E-state index is 13.0. The largest absolute Gasteiger partial charge is 0.497 e. The molecule has 1 N–H and O–H groups in total. The highest BCUT2D eigenvalue weighted by atomic mass is 16.5. The summed E-state index contributed by atoms with van der Waals surface area (Å²) >= 11 is 0.